The van der Waals surface area contributed by atoms with E-state index in [1.807, 2.05) is 118 Å². The van der Waals surface area contributed by atoms with Gasteiger partial charge in [-0.3, -0.25) is 28.8 Å². The van der Waals surface area contributed by atoms with Gasteiger partial charge in [-0.15, -0.1) is 0 Å². The third kappa shape index (κ3) is 15.1. The molecule has 4 aliphatic rings. The maximum Gasteiger partial charge on any atom is 0.253 e. The van der Waals surface area contributed by atoms with Gasteiger partial charge in [-0.05, 0) is 150 Å². The molecule has 14 heteroatoms. The maximum absolute atomic E-state index is 14.8. The Hall–Kier alpha value is -6.38. The smallest absolute Gasteiger partial charge is 0.253 e. The largest absolute Gasteiger partial charge is 0.343 e. The molecule has 4 aromatic rings. The fourth-order valence-corrected chi connectivity index (χ4v) is 12.8. The zero-order chi connectivity index (χ0) is 56.7. The standard InChI is InChI=1S/C66H90N8O6/c1-45-35-41-73(65(79)59(53-23-15-9-16-24-53)69-61(75)47(3)67-5)57(45)43-71(39-37-49-19-11-7-12-20-49)63(77)55-31-27-51(28-32-55)52-29-33-56(34-30-52)64(78)72(40-38-50-21-13-8-14-22-50)44-58-46(2)36-42-74(58)66(80)60(54-25-17-10-18-26-54)70-62(76)48(4)68-6/h7-8,11-14,19-22,27-34,45-48,53-54,57-60,67-68H,9-10,15-18,23-26,35-44H2,1-6H3,(H,69,75)(H,70,76)/t45-,46-,47-,48-,57+,58+,59-,60-/m0/s1. The number of carbonyl (C=O) groups excluding carboxylic acids is 6. The molecule has 2 aliphatic carbocycles. The van der Waals surface area contributed by atoms with Gasteiger partial charge in [-0.2, -0.15) is 0 Å². The molecular formula is C66H90N8O6. The Morgan fingerprint density at radius 1 is 0.487 bits per heavy atom. The minimum absolute atomic E-state index is 0.0430. The first-order valence-corrected chi connectivity index (χ1v) is 30.2. The summed E-state index contributed by atoms with van der Waals surface area (Å²) in [4.78, 5) is 93.6. The van der Waals surface area contributed by atoms with Crippen LogP contribution in [0.3, 0.4) is 0 Å². The van der Waals surface area contributed by atoms with Gasteiger partial charge in [0.25, 0.3) is 11.8 Å². The predicted octanol–water partition coefficient (Wildman–Crippen LogP) is 8.54. The number of amides is 6. The lowest BCUT2D eigenvalue weighted by atomic mass is 9.83. The molecule has 4 aromatic carbocycles. The van der Waals surface area contributed by atoms with Gasteiger partial charge in [0, 0.05) is 50.4 Å². The van der Waals surface area contributed by atoms with Gasteiger partial charge in [0.15, 0.2) is 0 Å². The van der Waals surface area contributed by atoms with Crippen molar-refractivity contribution in [2.24, 2.45) is 23.7 Å². The number of nitrogens with zero attached hydrogens (tertiary/aromatic N) is 4. The third-order valence-electron chi connectivity index (χ3n) is 18.4. The van der Waals surface area contributed by atoms with Crippen LogP contribution in [0.5, 0.6) is 0 Å². The molecule has 2 saturated heterocycles. The van der Waals surface area contributed by atoms with Crippen molar-refractivity contribution in [2.45, 2.75) is 154 Å². The fraction of sp³-hybridized carbons (Fsp3) is 0.545. The molecule has 80 heavy (non-hydrogen) atoms. The van der Waals surface area contributed by atoms with Crippen LogP contribution < -0.4 is 21.3 Å². The Labute approximate surface area is 476 Å². The van der Waals surface area contributed by atoms with E-state index in [2.05, 4.69) is 59.4 Å². The van der Waals surface area contributed by atoms with E-state index >= 15 is 0 Å². The van der Waals surface area contributed by atoms with Crippen molar-refractivity contribution in [3.63, 3.8) is 0 Å². The molecule has 14 nitrogen and oxygen atoms in total. The Kier molecular flexibility index (Phi) is 21.5. The van der Waals surface area contributed by atoms with Crippen LogP contribution in [0.2, 0.25) is 0 Å². The van der Waals surface area contributed by atoms with Crippen LogP contribution in [0.1, 0.15) is 137 Å². The van der Waals surface area contributed by atoms with Crippen molar-refractivity contribution in [2.75, 3.05) is 53.4 Å². The first-order chi connectivity index (χ1) is 38.7. The third-order valence-corrected chi connectivity index (χ3v) is 18.4. The lowest BCUT2D eigenvalue weighted by Gasteiger charge is -2.38. The molecule has 4 N–H and O–H groups in total. The van der Waals surface area contributed by atoms with Crippen molar-refractivity contribution >= 4 is 35.4 Å². The highest BCUT2D eigenvalue weighted by atomic mass is 16.2. The van der Waals surface area contributed by atoms with Gasteiger partial charge in [0.1, 0.15) is 12.1 Å². The molecular weight excluding hydrogens is 1000 g/mol. The second-order valence-corrected chi connectivity index (χ2v) is 23.6. The van der Waals surface area contributed by atoms with Gasteiger partial charge < -0.3 is 40.9 Å². The van der Waals surface area contributed by atoms with Crippen molar-refractivity contribution < 1.29 is 28.8 Å². The van der Waals surface area contributed by atoms with Crippen molar-refractivity contribution in [1.29, 1.82) is 0 Å². The van der Waals surface area contributed by atoms with Gasteiger partial charge in [-0.25, -0.2) is 0 Å². The monoisotopic (exact) mass is 1090 g/mol. The van der Waals surface area contributed by atoms with E-state index in [9.17, 15) is 28.8 Å². The summed E-state index contributed by atoms with van der Waals surface area (Å²) < 4.78 is 0. The predicted molar refractivity (Wildman–Crippen MR) is 317 cm³/mol. The van der Waals surface area contributed by atoms with Crippen LogP contribution >= 0.6 is 0 Å². The minimum Gasteiger partial charge on any atom is -0.343 e. The highest BCUT2D eigenvalue weighted by Gasteiger charge is 2.44. The molecule has 0 unspecified atom stereocenters. The van der Waals surface area contributed by atoms with Crippen LogP contribution in [0.4, 0.5) is 0 Å². The molecule has 8 rings (SSSR count). The molecule has 0 bridgehead atoms. The van der Waals surface area contributed by atoms with Gasteiger partial charge in [0.05, 0.1) is 24.2 Å². The van der Waals surface area contributed by atoms with E-state index in [1.165, 1.54) is 0 Å². The second kappa shape index (κ2) is 28.9. The van der Waals surface area contributed by atoms with Gasteiger partial charge in [-0.1, -0.05) is 137 Å². The molecule has 4 fully saturated rings. The van der Waals surface area contributed by atoms with Crippen molar-refractivity contribution in [3.05, 3.63) is 131 Å². The van der Waals surface area contributed by atoms with E-state index in [0.717, 1.165) is 99.3 Å². The first-order valence-electron chi connectivity index (χ1n) is 30.2. The number of rotatable bonds is 23. The number of benzene rings is 4. The lowest BCUT2D eigenvalue weighted by Crippen LogP contribution is -2.58. The van der Waals surface area contributed by atoms with E-state index in [0.29, 0.717) is 63.2 Å². The topological polar surface area (TPSA) is 163 Å². The summed E-state index contributed by atoms with van der Waals surface area (Å²) in [5, 5.41) is 12.4. The average molecular weight is 1090 g/mol. The Bertz CT molecular complexity index is 2480. The molecule has 430 valence electrons. The van der Waals surface area contributed by atoms with Crippen LogP contribution in [0, 0.1) is 23.7 Å². The number of hydrogen-bond donors (Lipinski definition) is 4. The lowest BCUT2D eigenvalue weighted by molar-refractivity contribution is -0.140. The SMILES string of the molecule is CN[C@@H](C)C(=O)N[C@H](C(=O)N1CC[C@H](C)[C@H]1CN(CCc1ccccc1)C(=O)c1ccc(-c2ccc(C(=O)N(CCc3ccccc3)C[C@@H]3[C@@H](C)CCN3C(=O)[C@@H](NC(=O)[C@H](C)NC)C3CCCCC3)cc2)cc1)C1CCCCC1. The number of carbonyl (C=O) groups is 6. The highest BCUT2D eigenvalue weighted by molar-refractivity contribution is 5.96. The number of hydrogen-bond acceptors (Lipinski definition) is 8. The van der Waals surface area contributed by atoms with Crippen LogP contribution in [0.15, 0.2) is 109 Å². The summed E-state index contributed by atoms with van der Waals surface area (Å²) >= 11 is 0. The van der Waals surface area contributed by atoms with E-state index < -0.39 is 24.2 Å². The van der Waals surface area contributed by atoms with Crippen LogP contribution in [0.25, 0.3) is 11.1 Å². The molecule has 2 aliphatic heterocycles. The summed E-state index contributed by atoms with van der Waals surface area (Å²) in [6.45, 7) is 10.8. The van der Waals surface area contributed by atoms with E-state index in [4.69, 9.17) is 0 Å². The number of nitrogens with one attached hydrogen (secondary N) is 4. The first kappa shape index (κ1) is 59.7. The van der Waals surface area contributed by atoms with Crippen LogP contribution in [-0.2, 0) is 32.0 Å². The summed E-state index contributed by atoms with van der Waals surface area (Å²) in [6.07, 6.45) is 13.0. The molecule has 6 amide bonds. The Morgan fingerprint density at radius 3 is 1.18 bits per heavy atom. The number of likely N-dealkylation sites (tertiary alicyclic amines) is 2. The number of likely N-dealkylation sites (N-methyl/N-ethyl adjacent to an activating group) is 2. The quantitative estimate of drug-likeness (QED) is 0.0575. The molecule has 2 heterocycles. The molecule has 8 atom stereocenters. The summed E-state index contributed by atoms with van der Waals surface area (Å²) in [6, 6.07) is 33.1. The Balaban J connectivity index is 0.989. The summed E-state index contributed by atoms with van der Waals surface area (Å²) in [5.41, 5.74) is 5.15. The van der Waals surface area contributed by atoms with Crippen molar-refractivity contribution in [3.8, 4) is 11.1 Å². The van der Waals surface area contributed by atoms with E-state index in [1.54, 1.807) is 14.1 Å². The van der Waals surface area contributed by atoms with E-state index in [-0.39, 0.29) is 71.2 Å². The maximum atomic E-state index is 14.8. The van der Waals surface area contributed by atoms with Gasteiger partial charge in [0.2, 0.25) is 23.6 Å². The van der Waals surface area contributed by atoms with Crippen LogP contribution in [-0.4, -0.2) is 145 Å². The Morgan fingerprint density at radius 2 is 0.838 bits per heavy atom. The molecule has 0 radical (unpaired) electrons. The summed E-state index contributed by atoms with van der Waals surface area (Å²) in [7, 11) is 3.50. The zero-order valence-corrected chi connectivity index (χ0v) is 48.5. The molecule has 2 saturated carbocycles. The fourth-order valence-electron chi connectivity index (χ4n) is 12.8. The second-order valence-electron chi connectivity index (χ2n) is 23.6. The molecule has 0 aromatic heterocycles. The zero-order valence-electron chi connectivity index (χ0n) is 48.5. The van der Waals surface area contributed by atoms with Gasteiger partial charge >= 0.3 is 0 Å². The normalized spacial score (nSPS) is 21.3. The minimum atomic E-state index is -0.610. The summed E-state index contributed by atoms with van der Waals surface area (Å²) in [5.74, 6) is -0.206. The molecule has 0 spiro atoms. The van der Waals surface area contributed by atoms with Crippen molar-refractivity contribution in [1.82, 2.24) is 40.9 Å². The highest BCUT2D eigenvalue weighted by Crippen LogP contribution is 2.34. The average Bonchev–Trinajstić information content (AvgIpc) is 4.07.